The van der Waals surface area contributed by atoms with E-state index in [-0.39, 0.29) is 11.8 Å². The Labute approximate surface area is 178 Å². The van der Waals surface area contributed by atoms with Crippen LogP contribution < -0.4 is 0 Å². The van der Waals surface area contributed by atoms with Gasteiger partial charge in [0.05, 0.1) is 11.1 Å². The van der Waals surface area contributed by atoms with Gasteiger partial charge >= 0.3 is 6.18 Å². The zero-order valence-electron chi connectivity index (χ0n) is 16.8. The van der Waals surface area contributed by atoms with Crippen LogP contribution in [0, 0.1) is 0 Å². The molecule has 3 heterocycles. The van der Waals surface area contributed by atoms with Crippen molar-refractivity contribution in [3.8, 4) is 0 Å². The molecule has 7 heteroatoms. The monoisotopic (exact) mass is 425 g/mol. The molecule has 1 aromatic carbocycles. The molecule has 0 saturated carbocycles. The predicted molar refractivity (Wildman–Crippen MR) is 111 cm³/mol. The van der Waals surface area contributed by atoms with Gasteiger partial charge in [0.1, 0.15) is 0 Å². The van der Waals surface area contributed by atoms with Gasteiger partial charge < -0.3 is 4.90 Å². The fraction of sp³-hybridized carbons (Fsp3) is 0.292. The van der Waals surface area contributed by atoms with Gasteiger partial charge in [0.2, 0.25) is 0 Å². The Bertz CT molecular complexity index is 1040. The van der Waals surface area contributed by atoms with Crippen molar-refractivity contribution in [2.24, 2.45) is 0 Å². The van der Waals surface area contributed by atoms with Crippen LogP contribution in [-0.2, 0) is 12.6 Å². The van der Waals surface area contributed by atoms with Crippen molar-refractivity contribution in [2.45, 2.75) is 31.4 Å². The van der Waals surface area contributed by atoms with Crippen LogP contribution in [0.3, 0.4) is 0 Å². The minimum atomic E-state index is -4.34. The van der Waals surface area contributed by atoms with Gasteiger partial charge in [-0.3, -0.25) is 14.8 Å². The van der Waals surface area contributed by atoms with Crippen LogP contribution in [-0.4, -0.2) is 33.9 Å². The average Bonchev–Trinajstić information content (AvgIpc) is 2.79. The third-order valence-electron chi connectivity index (χ3n) is 5.53. The first-order valence-corrected chi connectivity index (χ1v) is 10.2. The molecule has 1 atom stereocenters. The van der Waals surface area contributed by atoms with E-state index in [1.165, 1.54) is 12.1 Å². The number of alkyl halides is 3. The number of pyridine rings is 2. The SMILES string of the molecule is O=C(c1cccnc1)N1CCC[C@@H](c2cccc(Cc3ccc(C(F)(F)F)cc3)n2)C1. The van der Waals surface area contributed by atoms with Crippen molar-refractivity contribution >= 4 is 5.91 Å². The smallest absolute Gasteiger partial charge is 0.338 e. The Morgan fingerprint density at radius 3 is 2.58 bits per heavy atom. The highest BCUT2D eigenvalue weighted by Gasteiger charge is 2.30. The number of likely N-dealkylation sites (tertiary alicyclic amines) is 1. The molecule has 31 heavy (non-hydrogen) atoms. The van der Waals surface area contributed by atoms with Crippen LogP contribution in [0.5, 0.6) is 0 Å². The van der Waals surface area contributed by atoms with Crippen LogP contribution in [0.2, 0.25) is 0 Å². The number of benzene rings is 1. The number of carbonyl (C=O) groups excluding carboxylic acids is 1. The number of carbonyl (C=O) groups is 1. The van der Waals surface area contributed by atoms with Gasteiger partial charge in [-0.25, -0.2) is 0 Å². The van der Waals surface area contributed by atoms with Crippen molar-refractivity contribution in [3.63, 3.8) is 0 Å². The van der Waals surface area contributed by atoms with Crippen molar-refractivity contribution in [2.75, 3.05) is 13.1 Å². The summed E-state index contributed by atoms with van der Waals surface area (Å²) in [6.45, 7) is 1.29. The Morgan fingerprint density at radius 1 is 1.06 bits per heavy atom. The zero-order chi connectivity index (χ0) is 21.8. The first kappa shape index (κ1) is 21.0. The normalized spacial score (nSPS) is 16.9. The molecule has 0 unspecified atom stereocenters. The molecule has 1 aliphatic heterocycles. The summed E-state index contributed by atoms with van der Waals surface area (Å²) in [6.07, 6.45) is 1.17. The van der Waals surface area contributed by atoms with E-state index in [9.17, 15) is 18.0 Å². The van der Waals surface area contributed by atoms with E-state index in [4.69, 9.17) is 4.98 Å². The Hall–Kier alpha value is -3.22. The lowest BCUT2D eigenvalue weighted by molar-refractivity contribution is -0.137. The molecular formula is C24H22F3N3O. The number of piperidine rings is 1. The zero-order valence-corrected chi connectivity index (χ0v) is 16.8. The van der Waals surface area contributed by atoms with E-state index in [2.05, 4.69) is 4.98 Å². The second kappa shape index (κ2) is 8.88. The Kier molecular flexibility index (Phi) is 6.02. The summed E-state index contributed by atoms with van der Waals surface area (Å²) < 4.78 is 38.3. The standard InChI is InChI=1S/C24H22F3N3O/c25-24(26,27)20-10-8-17(9-11-20)14-21-6-1-7-22(29-21)19-5-3-13-30(16-19)23(31)18-4-2-12-28-15-18/h1-2,4,6-12,15,19H,3,5,13-14,16H2/t19-/m1/s1. The fourth-order valence-corrected chi connectivity index (χ4v) is 3.92. The molecule has 160 valence electrons. The molecule has 4 nitrogen and oxygen atoms in total. The molecule has 1 saturated heterocycles. The number of aromatic nitrogens is 2. The van der Waals surface area contributed by atoms with E-state index in [1.807, 2.05) is 23.1 Å². The molecule has 0 spiro atoms. The second-order valence-electron chi connectivity index (χ2n) is 7.76. The third kappa shape index (κ3) is 5.10. The summed E-state index contributed by atoms with van der Waals surface area (Å²) >= 11 is 0. The van der Waals surface area contributed by atoms with Crippen LogP contribution in [0.1, 0.15) is 51.6 Å². The minimum absolute atomic E-state index is 0.0290. The largest absolute Gasteiger partial charge is 0.416 e. The van der Waals surface area contributed by atoms with Crippen LogP contribution >= 0.6 is 0 Å². The van der Waals surface area contributed by atoms with Crippen LogP contribution in [0.15, 0.2) is 67.0 Å². The van der Waals surface area contributed by atoms with E-state index < -0.39 is 11.7 Å². The number of nitrogens with zero attached hydrogens (tertiary/aromatic N) is 3. The first-order valence-electron chi connectivity index (χ1n) is 10.2. The predicted octanol–water partition coefficient (Wildman–Crippen LogP) is 5.11. The molecule has 4 rings (SSSR count). The van der Waals surface area contributed by atoms with Gasteiger partial charge in [0, 0.05) is 49.2 Å². The Balaban J connectivity index is 1.46. The summed E-state index contributed by atoms with van der Waals surface area (Å²) in [5.41, 5.74) is 2.40. The summed E-state index contributed by atoms with van der Waals surface area (Å²) in [5.74, 6) is 0.0978. The molecule has 0 N–H and O–H groups in total. The lowest BCUT2D eigenvalue weighted by Crippen LogP contribution is -2.39. The van der Waals surface area contributed by atoms with Gasteiger partial charge in [-0.2, -0.15) is 13.2 Å². The van der Waals surface area contributed by atoms with Gasteiger partial charge in [0.25, 0.3) is 5.91 Å². The average molecular weight is 425 g/mol. The van der Waals surface area contributed by atoms with Crippen LogP contribution in [0.4, 0.5) is 13.2 Å². The van der Waals surface area contributed by atoms with E-state index in [0.29, 0.717) is 25.1 Å². The fourth-order valence-electron chi connectivity index (χ4n) is 3.92. The molecule has 1 amide bonds. The van der Waals surface area contributed by atoms with Gasteiger partial charge in [-0.05, 0) is 54.8 Å². The highest BCUT2D eigenvalue weighted by molar-refractivity contribution is 5.94. The maximum absolute atomic E-state index is 12.8. The molecule has 2 aromatic heterocycles. The lowest BCUT2D eigenvalue weighted by atomic mass is 9.93. The van der Waals surface area contributed by atoms with Crippen molar-refractivity contribution in [1.29, 1.82) is 0 Å². The third-order valence-corrected chi connectivity index (χ3v) is 5.53. The van der Waals surface area contributed by atoms with Crippen LogP contribution in [0.25, 0.3) is 0 Å². The highest BCUT2D eigenvalue weighted by Crippen LogP contribution is 2.30. The number of hydrogen-bond acceptors (Lipinski definition) is 3. The van der Waals surface area contributed by atoms with Crippen molar-refractivity contribution < 1.29 is 18.0 Å². The van der Waals surface area contributed by atoms with Gasteiger partial charge in [-0.15, -0.1) is 0 Å². The molecule has 0 aliphatic carbocycles. The second-order valence-corrected chi connectivity index (χ2v) is 7.76. The van der Waals surface area contributed by atoms with E-state index >= 15 is 0 Å². The Morgan fingerprint density at radius 2 is 1.87 bits per heavy atom. The van der Waals surface area contributed by atoms with E-state index in [1.54, 1.807) is 24.5 Å². The van der Waals surface area contributed by atoms with Gasteiger partial charge in [-0.1, -0.05) is 18.2 Å². The number of hydrogen-bond donors (Lipinski definition) is 0. The molecule has 1 aliphatic rings. The quantitative estimate of drug-likeness (QED) is 0.584. The summed E-state index contributed by atoms with van der Waals surface area (Å²) in [4.78, 5) is 23.4. The maximum Gasteiger partial charge on any atom is 0.416 e. The highest BCUT2D eigenvalue weighted by atomic mass is 19.4. The van der Waals surface area contributed by atoms with E-state index in [0.717, 1.165) is 41.9 Å². The van der Waals surface area contributed by atoms with Crippen molar-refractivity contribution in [1.82, 2.24) is 14.9 Å². The number of rotatable bonds is 4. The summed E-state index contributed by atoms with van der Waals surface area (Å²) in [6, 6.07) is 14.5. The van der Waals surface area contributed by atoms with Gasteiger partial charge in [0.15, 0.2) is 0 Å². The van der Waals surface area contributed by atoms with Crippen molar-refractivity contribution in [3.05, 3.63) is 95.1 Å². The molecule has 1 fully saturated rings. The summed E-state index contributed by atoms with van der Waals surface area (Å²) in [5, 5.41) is 0. The molecule has 3 aromatic rings. The topological polar surface area (TPSA) is 46.1 Å². The number of amides is 1. The lowest BCUT2D eigenvalue weighted by Gasteiger charge is -2.32. The molecule has 0 bridgehead atoms. The molecular weight excluding hydrogens is 403 g/mol. The maximum atomic E-state index is 12.8. The first-order chi connectivity index (χ1) is 14.9. The summed E-state index contributed by atoms with van der Waals surface area (Å²) in [7, 11) is 0. The number of halogens is 3. The molecule has 0 radical (unpaired) electrons. The minimum Gasteiger partial charge on any atom is -0.338 e.